The van der Waals surface area contributed by atoms with Gasteiger partial charge >= 0.3 is 6.03 Å². The highest BCUT2D eigenvalue weighted by Crippen LogP contribution is 2.44. The summed E-state index contributed by atoms with van der Waals surface area (Å²) >= 11 is 0. The lowest BCUT2D eigenvalue weighted by atomic mass is 10.1. The van der Waals surface area contributed by atoms with Gasteiger partial charge in [0.1, 0.15) is 0 Å². The number of nitrogens with one attached hydrogen (secondary N) is 3. The van der Waals surface area contributed by atoms with Crippen molar-refractivity contribution in [3.8, 4) is 0 Å². The minimum atomic E-state index is -0.477. The summed E-state index contributed by atoms with van der Waals surface area (Å²) in [7, 11) is 0. The number of amides is 3. The maximum absolute atomic E-state index is 11.6. The largest absolute Gasteiger partial charge is 0.396 e. The van der Waals surface area contributed by atoms with Crippen molar-refractivity contribution >= 4 is 11.9 Å². The van der Waals surface area contributed by atoms with E-state index in [1.165, 1.54) is 0 Å². The zero-order valence-electron chi connectivity index (χ0n) is 10.4. The Morgan fingerprint density at radius 3 is 2.53 bits per heavy atom. The maximum atomic E-state index is 11.6. The predicted molar refractivity (Wildman–Crippen MR) is 63.4 cm³/mol. The van der Waals surface area contributed by atoms with Crippen LogP contribution >= 0.6 is 0 Å². The van der Waals surface area contributed by atoms with Crippen LogP contribution in [0.2, 0.25) is 0 Å². The number of aliphatic hydroxyl groups is 1. The van der Waals surface area contributed by atoms with Crippen LogP contribution in [0.1, 0.15) is 26.7 Å². The summed E-state index contributed by atoms with van der Waals surface area (Å²) in [5, 5.41) is 16.9. The Morgan fingerprint density at radius 1 is 1.41 bits per heavy atom. The number of rotatable bonds is 6. The molecule has 1 aliphatic carbocycles. The molecule has 6 nitrogen and oxygen atoms in total. The lowest BCUT2D eigenvalue weighted by molar-refractivity contribution is -0.121. The van der Waals surface area contributed by atoms with E-state index in [-0.39, 0.29) is 17.9 Å². The van der Waals surface area contributed by atoms with Gasteiger partial charge in [-0.2, -0.15) is 0 Å². The second kappa shape index (κ2) is 5.97. The Bertz CT molecular complexity index is 290. The van der Waals surface area contributed by atoms with Gasteiger partial charge in [-0.1, -0.05) is 0 Å². The average molecular weight is 243 g/mol. The molecule has 6 heteroatoms. The highest BCUT2D eigenvalue weighted by molar-refractivity contribution is 5.96. The molecule has 1 rings (SSSR count). The highest BCUT2D eigenvalue weighted by atomic mass is 16.3. The van der Waals surface area contributed by atoms with Gasteiger partial charge in [-0.25, -0.2) is 4.79 Å². The van der Waals surface area contributed by atoms with Gasteiger partial charge < -0.3 is 15.7 Å². The molecule has 0 spiro atoms. The normalized spacial score (nSPS) is 18.3. The molecule has 4 N–H and O–H groups in total. The van der Waals surface area contributed by atoms with Gasteiger partial charge in [0.15, 0.2) is 0 Å². The molecule has 0 aromatic heterocycles. The summed E-state index contributed by atoms with van der Waals surface area (Å²) in [5.41, 5.74) is -0.0415. The van der Waals surface area contributed by atoms with Crippen molar-refractivity contribution in [2.45, 2.75) is 32.7 Å². The van der Waals surface area contributed by atoms with Crippen molar-refractivity contribution in [2.24, 2.45) is 5.41 Å². The number of carbonyl (C=O) groups is 2. The van der Waals surface area contributed by atoms with Gasteiger partial charge in [-0.3, -0.25) is 10.1 Å². The van der Waals surface area contributed by atoms with Crippen molar-refractivity contribution in [2.75, 3.05) is 19.7 Å². The van der Waals surface area contributed by atoms with Gasteiger partial charge in [0.25, 0.3) is 0 Å². The van der Waals surface area contributed by atoms with E-state index in [0.29, 0.717) is 13.1 Å². The van der Waals surface area contributed by atoms with Gasteiger partial charge in [0.05, 0.1) is 6.04 Å². The van der Waals surface area contributed by atoms with Crippen LogP contribution < -0.4 is 16.0 Å². The van der Waals surface area contributed by atoms with Crippen molar-refractivity contribution in [3.05, 3.63) is 0 Å². The van der Waals surface area contributed by atoms with Gasteiger partial charge in [-0.15, -0.1) is 0 Å². The first kappa shape index (κ1) is 13.9. The van der Waals surface area contributed by atoms with Crippen molar-refractivity contribution in [1.82, 2.24) is 16.0 Å². The quantitative estimate of drug-likeness (QED) is 0.510. The SMILES string of the molecule is CCNC(=O)NC(=O)C(C)NCC1(CO)CC1. The molecule has 1 atom stereocenters. The second-order valence-corrected chi connectivity index (χ2v) is 4.61. The Balaban J connectivity index is 2.24. The highest BCUT2D eigenvalue weighted by Gasteiger charge is 2.42. The van der Waals surface area contributed by atoms with Gasteiger partial charge in [0.2, 0.25) is 5.91 Å². The fraction of sp³-hybridized carbons (Fsp3) is 0.818. The first-order valence-electron chi connectivity index (χ1n) is 5.96. The van der Waals surface area contributed by atoms with E-state index >= 15 is 0 Å². The Morgan fingerprint density at radius 2 is 2.06 bits per heavy atom. The van der Waals surface area contributed by atoms with Crippen molar-refractivity contribution in [1.29, 1.82) is 0 Å². The molecule has 0 bridgehead atoms. The van der Waals surface area contributed by atoms with E-state index in [1.807, 2.05) is 0 Å². The van der Waals surface area contributed by atoms with E-state index < -0.39 is 12.1 Å². The fourth-order valence-corrected chi connectivity index (χ4v) is 1.45. The number of carbonyl (C=O) groups excluding carboxylic acids is 2. The van der Waals surface area contributed by atoms with E-state index in [1.54, 1.807) is 13.8 Å². The van der Waals surface area contributed by atoms with Crippen LogP contribution in [-0.4, -0.2) is 42.8 Å². The number of hydrogen-bond donors (Lipinski definition) is 4. The summed E-state index contributed by atoms with van der Waals surface area (Å²) < 4.78 is 0. The third kappa shape index (κ3) is 4.32. The Hall–Kier alpha value is -1.14. The molecule has 1 fully saturated rings. The summed E-state index contributed by atoms with van der Waals surface area (Å²) in [6.45, 7) is 4.71. The molecule has 98 valence electrons. The molecular weight excluding hydrogens is 222 g/mol. The standard InChI is InChI=1S/C11H21N3O3/c1-3-12-10(17)14-9(16)8(2)13-6-11(7-15)4-5-11/h8,13,15H,3-7H2,1-2H3,(H2,12,14,16,17). The topological polar surface area (TPSA) is 90.5 Å². The minimum Gasteiger partial charge on any atom is -0.396 e. The minimum absolute atomic E-state index is 0.0415. The van der Waals surface area contributed by atoms with Gasteiger partial charge in [-0.05, 0) is 26.7 Å². The zero-order chi connectivity index (χ0) is 12.9. The molecule has 0 aromatic carbocycles. The van der Waals surface area contributed by atoms with Crippen molar-refractivity contribution in [3.63, 3.8) is 0 Å². The summed E-state index contributed by atoms with van der Waals surface area (Å²) in [5.74, 6) is -0.357. The fourth-order valence-electron chi connectivity index (χ4n) is 1.45. The summed E-state index contributed by atoms with van der Waals surface area (Å²) in [6.07, 6.45) is 1.97. The van der Waals surface area contributed by atoms with E-state index in [0.717, 1.165) is 12.8 Å². The van der Waals surface area contributed by atoms with Crippen LogP contribution in [0.5, 0.6) is 0 Å². The number of urea groups is 1. The molecule has 0 radical (unpaired) electrons. The van der Waals surface area contributed by atoms with E-state index in [4.69, 9.17) is 5.11 Å². The molecular formula is C11H21N3O3. The smallest absolute Gasteiger partial charge is 0.321 e. The molecule has 0 aliphatic heterocycles. The van der Waals surface area contributed by atoms with Crippen LogP contribution in [0.25, 0.3) is 0 Å². The third-order valence-corrected chi connectivity index (χ3v) is 3.04. The predicted octanol–water partition coefficient (Wildman–Crippen LogP) is -0.417. The molecule has 17 heavy (non-hydrogen) atoms. The Labute approximate surface area is 101 Å². The van der Waals surface area contributed by atoms with Crippen LogP contribution in [0.15, 0.2) is 0 Å². The van der Waals surface area contributed by atoms with E-state index in [2.05, 4.69) is 16.0 Å². The maximum Gasteiger partial charge on any atom is 0.321 e. The average Bonchev–Trinajstić information content (AvgIpc) is 3.06. The zero-order valence-corrected chi connectivity index (χ0v) is 10.4. The van der Waals surface area contributed by atoms with Crippen LogP contribution in [0, 0.1) is 5.41 Å². The first-order valence-corrected chi connectivity index (χ1v) is 5.96. The van der Waals surface area contributed by atoms with Gasteiger partial charge in [0, 0.05) is 25.1 Å². The number of hydrogen-bond acceptors (Lipinski definition) is 4. The van der Waals surface area contributed by atoms with Crippen LogP contribution in [0.3, 0.4) is 0 Å². The van der Waals surface area contributed by atoms with Crippen LogP contribution in [0.4, 0.5) is 4.79 Å². The molecule has 0 aromatic rings. The lowest BCUT2D eigenvalue weighted by Gasteiger charge is -2.17. The Kier molecular flexibility index (Phi) is 4.89. The summed E-state index contributed by atoms with van der Waals surface area (Å²) in [4.78, 5) is 22.7. The third-order valence-electron chi connectivity index (χ3n) is 3.04. The van der Waals surface area contributed by atoms with E-state index in [9.17, 15) is 9.59 Å². The number of imide groups is 1. The molecule has 0 heterocycles. The molecule has 1 aliphatic rings. The molecule has 0 saturated heterocycles. The molecule has 3 amide bonds. The monoisotopic (exact) mass is 243 g/mol. The molecule has 1 unspecified atom stereocenters. The molecule has 1 saturated carbocycles. The van der Waals surface area contributed by atoms with Crippen LogP contribution in [-0.2, 0) is 4.79 Å². The van der Waals surface area contributed by atoms with Crippen molar-refractivity contribution < 1.29 is 14.7 Å². The lowest BCUT2D eigenvalue weighted by Crippen LogP contribution is -2.49. The second-order valence-electron chi connectivity index (χ2n) is 4.61. The first-order chi connectivity index (χ1) is 8.03. The summed E-state index contributed by atoms with van der Waals surface area (Å²) in [6, 6.07) is -0.920. The number of aliphatic hydroxyl groups excluding tert-OH is 1.